The Morgan fingerprint density at radius 2 is 0.860 bits per heavy atom. The number of amides is 4. The molecule has 2 heterocycles. The molecule has 0 radical (unpaired) electrons. The summed E-state index contributed by atoms with van der Waals surface area (Å²) in [5.74, 6) is 0. The van der Waals surface area contributed by atoms with Crippen molar-refractivity contribution in [2.24, 2.45) is 5.16 Å². The van der Waals surface area contributed by atoms with E-state index < -0.39 is 52.8 Å². The van der Waals surface area contributed by atoms with Gasteiger partial charge in [-0.05, 0) is 99.8 Å². The highest BCUT2D eigenvalue weighted by Gasteiger charge is 2.39. The summed E-state index contributed by atoms with van der Waals surface area (Å²) < 4.78 is 22.1. The number of hydrogen-bond acceptors (Lipinski definition) is 11. The second-order valence-electron chi connectivity index (χ2n) is 17.9. The maximum absolute atomic E-state index is 12.8. The van der Waals surface area contributed by atoms with E-state index in [9.17, 15) is 24.0 Å². The van der Waals surface area contributed by atoms with E-state index >= 15 is 0 Å². The first kappa shape index (κ1) is 46.0. The van der Waals surface area contributed by atoms with Crippen molar-refractivity contribution in [2.75, 3.05) is 39.3 Å². The van der Waals surface area contributed by atoms with Gasteiger partial charge in [-0.15, -0.1) is 0 Å². The summed E-state index contributed by atoms with van der Waals surface area (Å²) in [6, 6.07) is 13.5. The summed E-state index contributed by atoms with van der Waals surface area (Å²) in [6.45, 7) is 23.8. The average molecular weight is 796 g/mol. The molecule has 15 heteroatoms. The molecule has 2 aliphatic heterocycles. The molecule has 1 N–H and O–H groups in total. The van der Waals surface area contributed by atoms with Crippen molar-refractivity contribution in [1.82, 2.24) is 19.6 Å². The Hall–Kier alpha value is -5.34. The number of benzene rings is 2. The minimum atomic E-state index is -0.620. The van der Waals surface area contributed by atoms with Gasteiger partial charge in [0.25, 0.3) is 0 Å². The van der Waals surface area contributed by atoms with Crippen molar-refractivity contribution in [3.05, 3.63) is 70.8 Å². The number of piperazine rings is 2. The van der Waals surface area contributed by atoms with Crippen molar-refractivity contribution in [2.45, 2.75) is 118 Å². The van der Waals surface area contributed by atoms with Gasteiger partial charge in [-0.1, -0.05) is 53.7 Å². The first-order chi connectivity index (χ1) is 26.3. The van der Waals surface area contributed by atoms with E-state index in [0.29, 0.717) is 38.3 Å². The molecule has 0 aromatic heterocycles. The van der Waals surface area contributed by atoms with Gasteiger partial charge < -0.3 is 34.0 Å². The molecule has 2 aromatic rings. The number of nitrogens with zero attached hydrogens (tertiary/aromatic N) is 5. The Kier molecular flexibility index (Phi) is 15.1. The third-order valence-electron chi connectivity index (χ3n) is 8.31. The van der Waals surface area contributed by atoms with Crippen LogP contribution in [0.3, 0.4) is 0 Å². The average Bonchev–Trinajstić information content (AvgIpc) is 3.09. The highest BCUT2D eigenvalue weighted by atomic mass is 16.6. The van der Waals surface area contributed by atoms with Crippen molar-refractivity contribution in [1.29, 1.82) is 0 Å². The van der Waals surface area contributed by atoms with Gasteiger partial charge in [-0.25, -0.2) is 19.2 Å². The number of carbonyl (C=O) groups excluding carboxylic acids is 5. The molecule has 314 valence electrons. The SMILES string of the molecule is CC(C)(C)OC(=O)N1CCN(C(=O)OC(C)(C)C)C(c2ccc(/C=N/O)cc2)C1.CC(C)(C)OC(=O)N1CCN(C(=O)OC(C)(C)C)C(c2ccc(C=O)cc2)C1. The van der Waals surface area contributed by atoms with E-state index in [1.165, 1.54) is 6.21 Å². The molecule has 0 saturated carbocycles. The van der Waals surface area contributed by atoms with Crippen molar-refractivity contribution in [3.63, 3.8) is 0 Å². The van der Waals surface area contributed by atoms with E-state index in [2.05, 4.69) is 5.16 Å². The summed E-state index contributed by atoms with van der Waals surface area (Å²) in [7, 11) is 0. The Balaban J connectivity index is 0.000000306. The third-order valence-corrected chi connectivity index (χ3v) is 8.31. The van der Waals surface area contributed by atoms with Crippen LogP contribution in [0.5, 0.6) is 0 Å². The molecule has 2 fully saturated rings. The summed E-state index contributed by atoms with van der Waals surface area (Å²) in [6.07, 6.45) is 0.418. The standard InChI is InChI=1S/C21H31N3O5.C21H30N2O5/c1-20(2,3)28-18(25)23-11-12-24(19(26)29-21(4,5)6)17(14-23)16-9-7-15(8-10-16)13-22-27;1-20(2,3)27-18(25)22-11-12-23(19(26)28-21(4,5)6)17(13-22)16-9-7-15(14-24)8-10-16/h7-10,13,17,27H,11-12,14H2,1-6H3;7-10,14,17H,11-13H2,1-6H3/b22-13+;. The van der Waals surface area contributed by atoms with E-state index in [1.54, 1.807) is 56.0 Å². The molecule has 0 bridgehead atoms. The minimum Gasteiger partial charge on any atom is -0.444 e. The van der Waals surface area contributed by atoms with Crippen molar-refractivity contribution in [3.8, 4) is 0 Å². The molecule has 2 atom stereocenters. The predicted molar refractivity (Wildman–Crippen MR) is 215 cm³/mol. The van der Waals surface area contributed by atoms with Crippen LogP contribution in [0.15, 0.2) is 53.7 Å². The van der Waals surface area contributed by atoms with E-state index in [1.807, 2.05) is 95.2 Å². The lowest BCUT2D eigenvalue weighted by molar-refractivity contribution is -0.0152. The smallest absolute Gasteiger partial charge is 0.410 e. The van der Waals surface area contributed by atoms with Gasteiger partial charge in [0, 0.05) is 44.8 Å². The van der Waals surface area contributed by atoms with Crippen LogP contribution in [0, 0.1) is 0 Å². The fourth-order valence-corrected chi connectivity index (χ4v) is 5.87. The first-order valence-corrected chi connectivity index (χ1v) is 19.1. The van der Waals surface area contributed by atoms with E-state index in [4.69, 9.17) is 24.2 Å². The molecule has 57 heavy (non-hydrogen) atoms. The highest BCUT2D eigenvalue weighted by molar-refractivity contribution is 5.79. The van der Waals surface area contributed by atoms with Gasteiger partial charge in [-0.2, -0.15) is 0 Å². The summed E-state index contributed by atoms with van der Waals surface area (Å²) in [5.41, 5.74) is 0.508. The highest BCUT2D eigenvalue weighted by Crippen LogP contribution is 2.30. The number of ether oxygens (including phenoxy) is 4. The second-order valence-corrected chi connectivity index (χ2v) is 17.9. The summed E-state index contributed by atoms with van der Waals surface area (Å²) >= 11 is 0. The third kappa shape index (κ3) is 14.9. The molecular formula is C42H61N5O10. The van der Waals surface area contributed by atoms with Gasteiger partial charge in [0.2, 0.25) is 0 Å². The molecule has 4 amide bonds. The summed E-state index contributed by atoms with van der Waals surface area (Å²) in [5, 5.41) is 11.7. The maximum Gasteiger partial charge on any atom is 0.410 e. The predicted octanol–water partition coefficient (Wildman–Crippen LogP) is 8.05. The summed E-state index contributed by atoms with van der Waals surface area (Å²) in [4.78, 5) is 68.0. The Morgan fingerprint density at radius 1 is 0.544 bits per heavy atom. The monoisotopic (exact) mass is 795 g/mol. The number of oxime groups is 1. The van der Waals surface area contributed by atoms with Gasteiger partial charge in [0.15, 0.2) is 0 Å². The quantitative estimate of drug-likeness (QED) is 0.105. The topological polar surface area (TPSA) is 168 Å². The van der Waals surface area contributed by atoms with Gasteiger partial charge >= 0.3 is 24.4 Å². The minimum absolute atomic E-state index is 0.286. The molecule has 2 saturated heterocycles. The van der Waals surface area contributed by atoms with E-state index in [0.717, 1.165) is 23.0 Å². The number of rotatable bonds is 4. The van der Waals surface area contributed by atoms with Crippen LogP contribution < -0.4 is 0 Å². The Bertz CT molecular complexity index is 1720. The van der Waals surface area contributed by atoms with Gasteiger partial charge in [0.1, 0.15) is 28.7 Å². The van der Waals surface area contributed by atoms with Gasteiger partial charge in [0.05, 0.1) is 18.3 Å². The van der Waals surface area contributed by atoms with Crippen molar-refractivity contribution >= 4 is 36.9 Å². The van der Waals surface area contributed by atoms with E-state index in [-0.39, 0.29) is 12.6 Å². The molecule has 2 aliphatic rings. The second kappa shape index (κ2) is 18.7. The molecule has 0 spiro atoms. The molecular weight excluding hydrogens is 734 g/mol. The Labute approximate surface area is 336 Å². The van der Waals surface area contributed by atoms with Crippen LogP contribution in [0.1, 0.15) is 122 Å². The van der Waals surface area contributed by atoms with Crippen LogP contribution >= 0.6 is 0 Å². The zero-order valence-corrected chi connectivity index (χ0v) is 35.5. The molecule has 4 rings (SSSR count). The van der Waals surface area contributed by atoms with Crippen LogP contribution in [-0.2, 0) is 18.9 Å². The molecule has 2 aromatic carbocycles. The molecule has 2 unspecified atom stereocenters. The lowest BCUT2D eigenvalue weighted by Gasteiger charge is -2.42. The van der Waals surface area contributed by atoms with Crippen LogP contribution in [0.2, 0.25) is 0 Å². The zero-order chi connectivity index (χ0) is 42.9. The largest absolute Gasteiger partial charge is 0.444 e. The number of hydrogen-bond donors (Lipinski definition) is 1. The Morgan fingerprint density at radius 3 is 1.16 bits per heavy atom. The van der Waals surface area contributed by atoms with Crippen LogP contribution in [0.25, 0.3) is 0 Å². The first-order valence-electron chi connectivity index (χ1n) is 19.1. The lowest BCUT2D eigenvalue weighted by Crippen LogP contribution is -2.54. The molecule has 0 aliphatic carbocycles. The number of aldehydes is 1. The normalized spacial score (nSPS) is 18.0. The van der Waals surface area contributed by atoms with Crippen LogP contribution in [0.4, 0.5) is 19.2 Å². The van der Waals surface area contributed by atoms with Crippen LogP contribution in [-0.4, -0.2) is 123 Å². The van der Waals surface area contributed by atoms with Crippen molar-refractivity contribution < 1.29 is 48.1 Å². The molecule has 15 nitrogen and oxygen atoms in total. The lowest BCUT2D eigenvalue weighted by atomic mass is 10.0. The number of carbonyl (C=O) groups is 5. The maximum atomic E-state index is 12.8. The van der Waals surface area contributed by atoms with Gasteiger partial charge in [-0.3, -0.25) is 14.6 Å². The fourth-order valence-electron chi connectivity index (χ4n) is 5.87. The fraction of sp³-hybridized carbons (Fsp3) is 0.571. The zero-order valence-electron chi connectivity index (χ0n) is 35.5.